The molecule has 1 aliphatic heterocycles. The molecule has 1 aromatic rings. The number of hydrogen-bond acceptors (Lipinski definition) is 5. The Labute approximate surface area is 145 Å². The van der Waals surface area contributed by atoms with E-state index in [0.29, 0.717) is 6.04 Å². The normalized spacial score (nSPS) is 29.4. The van der Waals surface area contributed by atoms with Gasteiger partial charge in [-0.25, -0.2) is 4.98 Å². The van der Waals surface area contributed by atoms with E-state index in [2.05, 4.69) is 44.9 Å². The van der Waals surface area contributed by atoms with Crippen molar-refractivity contribution < 1.29 is 9.84 Å². The second kappa shape index (κ2) is 6.88. The summed E-state index contributed by atoms with van der Waals surface area (Å²) in [5, 5.41) is 13.6. The van der Waals surface area contributed by atoms with E-state index < -0.39 is 5.60 Å². The van der Waals surface area contributed by atoms with Crippen LogP contribution >= 0.6 is 22.6 Å². The van der Waals surface area contributed by atoms with Crippen LogP contribution in [0.25, 0.3) is 0 Å². The monoisotopic (exact) mass is 417 g/mol. The molecule has 0 unspecified atom stereocenters. The van der Waals surface area contributed by atoms with Crippen LogP contribution in [0.1, 0.15) is 32.6 Å². The Morgan fingerprint density at radius 3 is 2.68 bits per heavy atom. The maximum absolute atomic E-state index is 10.1. The third-order valence-electron chi connectivity index (χ3n) is 4.53. The van der Waals surface area contributed by atoms with Crippen molar-refractivity contribution in [1.82, 2.24) is 4.98 Å². The lowest BCUT2D eigenvalue weighted by Crippen LogP contribution is -2.37. The molecule has 1 aromatic heterocycles. The van der Waals surface area contributed by atoms with Gasteiger partial charge in [-0.15, -0.1) is 0 Å². The molecule has 0 bridgehead atoms. The van der Waals surface area contributed by atoms with Crippen LogP contribution < -0.4 is 10.2 Å². The van der Waals surface area contributed by atoms with E-state index in [-0.39, 0.29) is 0 Å². The second-order valence-corrected chi connectivity index (χ2v) is 7.79. The minimum atomic E-state index is -0.490. The van der Waals surface area contributed by atoms with Gasteiger partial charge in [0.05, 0.1) is 18.8 Å². The zero-order valence-corrected chi connectivity index (χ0v) is 15.2. The zero-order valence-electron chi connectivity index (χ0n) is 13.0. The van der Waals surface area contributed by atoms with E-state index in [1.165, 1.54) is 3.57 Å². The Kier molecular flexibility index (Phi) is 5.09. The first-order valence-electron chi connectivity index (χ1n) is 8.01. The van der Waals surface area contributed by atoms with Gasteiger partial charge in [-0.1, -0.05) is 0 Å². The Morgan fingerprint density at radius 2 is 2.00 bits per heavy atom. The van der Waals surface area contributed by atoms with Crippen molar-refractivity contribution in [2.75, 3.05) is 36.5 Å². The van der Waals surface area contributed by atoms with E-state index >= 15 is 0 Å². The third kappa shape index (κ3) is 4.23. The highest BCUT2D eigenvalue weighted by Crippen LogP contribution is 2.30. The SMILES string of the molecule is CC1(O)CCC(Nc2cc(I)cc(N3CCOCC3)n2)CC1. The Hall–Kier alpha value is -0.600. The van der Waals surface area contributed by atoms with Crippen molar-refractivity contribution >= 4 is 34.2 Å². The number of hydrogen-bond donors (Lipinski definition) is 2. The largest absolute Gasteiger partial charge is 0.390 e. The van der Waals surface area contributed by atoms with Crippen molar-refractivity contribution in [3.05, 3.63) is 15.7 Å². The highest BCUT2D eigenvalue weighted by molar-refractivity contribution is 14.1. The summed E-state index contributed by atoms with van der Waals surface area (Å²) in [5.74, 6) is 1.97. The Bertz CT molecular complexity index is 508. The summed E-state index contributed by atoms with van der Waals surface area (Å²) in [6, 6.07) is 4.63. The summed E-state index contributed by atoms with van der Waals surface area (Å²) < 4.78 is 6.61. The van der Waals surface area contributed by atoms with Crippen molar-refractivity contribution in [3.8, 4) is 0 Å². The number of rotatable bonds is 3. The average molecular weight is 417 g/mol. The fourth-order valence-electron chi connectivity index (χ4n) is 3.11. The van der Waals surface area contributed by atoms with Gasteiger partial charge in [-0.05, 0) is 67.3 Å². The number of halogens is 1. The molecule has 2 aliphatic rings. The molecule has 1 aliphatic carbocycles. The molecule has 0 spiro atoms. The summed E-state index contributed by atoms with van der Waals surface area (Å²) in [6.45, 7) is 5.28. The second-order valence-electron chi connectivity index (χ2n) is 6.54. The summed E-state index contributed by atoms with van der Waals surface area (Å²) in [5.41, 5.74) is -0.490. The van der Waals surface area contributed by atoms with Gasteiger partial charge in [0.2, 0.25) is 0 Å². The molecular formula is C16H24IN3O2. The van der Waals surface area contributed by atoms with Crippen molar-refractivity contribution in [3.63, 3.8) is 0 Å². The first-order chi connectivity index (χ1) is 10.5. The van der Waals surface area contributed by atoms with Gasteiger partial charge in [-0.2, -0.15) is 0 Å². The summed E-state index contributed by atoms with van der Waals surface area (Å²) in [7, 11) is 0. The summed E-state index contributed by atoms with van der Waals surface area (Å²) in [4.78, 5) is 7.06. The molecule has 0 radical (unpaired) electrons. The fraction of sp³-hybridized carbons (Fsp3) is 0.688. The van der Waals surface area contributed by atoms with Crippen molar-refractivity contribution in [2.45, 2.75) is 44.2 Å². The zero-order chi connectivity index (χ0) is 15.6. The van der Waals surface area contributed by atoms with E-state index in [4.69, 9.17) is 9.72 Å². The lowest BCUT2D eigenvalue weighted by Gasteiger charge is -2.34. The highest BCUT2D eigenvalue weighted by Gasteiger charge is 2.28. The standard InChI is InChI=1S/C16H24IN3O2/c1-16(21)4-2-13(3-5-16)18-14-10-12(17)11-15(19-14)20-6-8-22-9-7-20/h10-11,13,21H,2-9H2,1H3,(H,18,19). The predicted octanol–water partition coefficient (Wildman–Crippen LogP) is 2.63. The number of aliphatic hydroxyl groups is 1. The molecule has 1 saturated heterocycles. The first kappa shape index (κ1) is 16.3. The lowest BCUT2D eigenvalue weighted by molar-refractivity contribution is 0.0196. The van der Waals surface area contributed by atoms with Crippen molar-refractivity contribution in [2.24, 2.45) is 0 Å². The predicted molar refractivity (Wildman–Crippen MR) is 96.5 cm³/mol. The molecule has 0 aromatic carbocycles. The topological polar surface area (TPSA) is 57.6 Å². The van der Waals surface area contributed by atoms with E-state index in [1.807, 2.05) is 6.92 Å². The van der Waals surface area contributed by atoms with Crippen LogP contribution in [0.4, 0.5) is 11.6 Å². The molecular weight excluding hydrogens is 393 g/mol. The molecule has 6 heteroatoms. The molecule has 2 fully saturated rings. The molecule has 122 valence electrons. The minimum absolute atomic E-state index is 0.406. The van der Waals surface area contributed by atoms with Gasteiger partial charge in [0.15, 0.2) is 0 Å². The van der Waals surface area contributed by atoms with Gasteiger partial charge in [0, 0.05) is 22.7 Å². The van der Waals surface area contributed by atoms with E-state index in [1.54, 1.807) is 0 Å². The number of pyridine rings is 1. The summed E-state index contributed by atoms with van der Waals surface area (Å²) in [6.07, 6.45) is 3.69. The minimum Gasteiger partial charge on any atom is -0.390 e. The highest BCUT2D eigenvalue weighted by atomic mass is 127. The lowest BCUT2D eigenvalue weighted by atomic mass is 9.84. The van der Waals surface area contributed by atoms with Gasteiger partial charge in [0.25, 0.3) is 0 Å². The quantitative estimate of drug-likeness (QED) is 0.741. The molecule has 1 saturated carbocycles. The first-order valence-corrected chi connectivity index (χ1v) is 9.09. The van der Waals surface area contributed by atoms with Gasteiger partial charge >= 0.3 is 0 Å². The Morgan fingerprint density at radius 1 is 1.32 bits per heavy atom. The maximum atomic E-state index is 10.1. The van der Waals surface area contributed by atoms with Crippen LogP contribution in [0.3, 0.4) is 0 Å². The molecule has 2 N–H and O–H groups in total. The van der Waals surface area contributed by atoms with Crippen LogP contribution in [0.15, 0.2) is 12.1 Å². The number of nitrogens with one attached hydrogen (secondary N) is 1. The van der Waals surface area contributed by atoms with Crippen LogP contribution in [0.2, 0.25) is 0 Å². The fourth-order valence-corrected chi connectivity index (χ4v) is 3.68. The van der Waals surface area contributed by atoms with Crippen molar-refractivity contribution in [1.29, 1.82) is 0 Å². The van der Waals surface area contributed by atoms with Gasteiger partial charge < -0.3 is 20.1 Å². The van der Waals surface area contributed by atoms with E-state index in [0.717, 1.165) is 63.6 Å². The van der Waals surface area contributed by atoms with Crippen LogP contribution in [0.5, 0.6) is 0 Å². The van der Waals surface area contributed by atoms with E-state index in [9.17, 15) is 5.11 Å². The van der Waals surface area contributed by atoms with Crippen LogP contribution in [-0.4, -0.2) is 48.0 Å². The third-order valence-corrected chi connectivity index (χ3v) is 5.15. The Balaban J connectivity index is 1.67. The molecule has 3 rings (SSSR count). The number of ether oxygens (including phenoxy) is 1. The number of anilines is 2. The smallest absolute Gasteiger partial charge is 0.132 e. The number of nitrogens with zero attached hydrogens (tertiary/aromatic N) is 2. The molecule has 22 heavy (non-hydrogen) atoms. The average Bonchev–Trinajstić information content (AvgIpc) is 2.50. The maximum Gasteiger partial charge on any atom is 0.132 e. The number of aromatic nitrogens is 1. The van der Waals surface area contributed by atoms with Gasteiger partial charge in [-0.3, -0.25) is 0 Å². The molecule has 0 atom stereocenters. The molecule has 2 heterocycles. The number of morpholine rings is 1. The summed E-state index contributed by atoms with van der Waals surface area (Å²) >= 11 is 2.35. The molecule has 5 nitrogen and oxygen atoms in total. The molecule has 0 amide bonds. The van der Waals surface area contributed by atoms with Crippen LogP contribution in [0, 0.1) is 3.57 Å². The van der Waals surface area contributed by atoms with Gasteiger partial charge in [0.1, 0.15) is 11.6 Å². The van der Waals surface area contributed by atoms with Crippen LogP contribution in [-0.2, 0) is 4.74 Å².